The van der Waals surface area contributed by atoms with Crippen LogP contribution < -0.4 is 0 Å². The van der Waals surface area contributed by atoms with E-state index in [0.29, 0.717) is 22.3 Å². The quantitative estimate of drug-likeness (QED) is 0.520. The molecule has 2 aromatic rings. The Balaban J connectivity index is 1.73. The number of hydrogen-bond acceptors (Lipinski definition) is 2. The molecule has 6 rings (SSSR count). The molecule has 32 heavy (non-hydrogen) atoms. The Labute approximate surface area is 194 Å². The van der Waals surface area contributed by atoms with Crippen molar-refractivity contribution in [3.8, 4) is 11.5 Å². The first-order valence-corrected chi connectivity index (χ1v) is 12.6. The van der Waals surface area contributed by atoms with Crippen LogP contribution >= 0.6 is 0 Å². The molecule has 0 heterocycles. The molecular weight excluding hydrogens is 392 g/mol. The van der Waals surface area contributed by atoms with Gasteiger partial charge in [0.25, 0.3) is 0 Å². The zero-order valence-corrected chi connectivity index (χ0v) is 20.9. The van der Waals surface area contributed by atoms with Crippen LogP contribution in [0.3, 0.4) is 0 Å². The third-order valence-corrected chi connectivity index (χ3v) is 9.42. The van der Waals surface area contributed by atoms with Crippen molar-refractivity contribution in [3.05, 3.63) is 57.6 Å². The van der Waals surface area contributed by atoms with E-state index in [1.165, 1.54) is 62.5 Å². The van der Waals surface area contributed by atoms with E-state index in [-0.39, 0.29) is 10.8 Å². The Morgan fingerprint density at radius 2 is 1.06 bits per heavy atom. The number of aromatic hydroxyl groups is 2. The number of phenols is 2. The highest BCUT2D eigenvalue weighted by molar-refractivity contribution is 5.50. The van der Waals surface area contributed by atoms with Crippen LogP contribution in [0.1, 0.15) is 98.6 Å². The van der Waals surface area contributed by atoms with Gasteiger partial charge in [0.2, 0.25) is 0 Å². The van der Waals surface area contributed by atoms with Crippen LogP contribution in [0, 0.1) is 38.5 Å². The van der Waals surface area contributed by atoms with Crippen molar-refractivity contribution in [2.45, 2.75) is 104 Å². The molecule has 2 aromatic carbocycles. The van der Waals surface area contributed by atoms with Crippen molar-refractivity contribution >= 4 is 0 Å². The van der Waals surface area contributed by atoms with Crippen molar-refractivity contribution in [3.63, 3.8) is 0 Å². The Morgan fingerprint density at radius 3 is 1.44 bits per heavy atom. The Hall–Kier alpha value is -1.96. The molecule has 2 atom stereocenters. The fraction of sp³-hybridized carbons (Fsp3) is 0.600. The lowest BCUT2D eigenvalue weighted by atomic mass is 9.33. The van der Waals surface area contributed by atoms with E-state index in [1.807, 2.05) is 0 Å². The van der Waals surface area contributed by atoms with Crippen molar-refractivity contribution in [2.75, 3.05) is 0 Å². The van der Waals surface area contributed by atoms with E-state index < -0.39 is 0 Å². The monoisotopic (exact) mass is 432 g/mol. The molecule has 4 bridgehead atoms. The minimum absolute atomic E-state index is 0.168. The molecule has 0 saturated heterocycles. The van der Waals surface area contributed by atoms with Gasteiger partial charge < -0.3 is 10.2 Å². The van der Waals surface area contributed by atoms with Gasteiger partial charge in [0.1, 0.15) is 11.5 Å². The van der Waals surface area contributed by atoms with E-state index in [2.05, 4.69) is 65.8 Å². The summed E-state index contributed by atoms with van der Waals surface area (Å²) in [5, 5.41) is 21.0. The van der Waals surface area contributed by atoms with Gasteiger partial charge in [-0.2, -0.15) is 0 Å². The summed E-state index contributed by atoms with van der Waals surface area (Å²) >= 11 is 0. The van der Waals surface area contributed by atoms with E-state index in [9.17, 15) is 10.2 Å². The van der Waals surface area contributed by atoms with Gasteiger partial charge in [-0.1, -0.05) is 44.5 Å². The lowest BCUT2D eigenvalue weighted by Crippen LogP contribution is -2.63. The summed E-state index contributed by atoms with van der Waals surface area (Å²) in [4.78, 5) is 0. The zero-order chi connectivity index (χ0) is 23.1. The Kier molecular flexibility index (Phi) is 4.63. The molecule has 2 unspecified atom stereocenters. The van der Waals surface area contributed by atoms with Crippen LogP contribution in [0.25, 0.3) is 0 Å². The molecule has 0 aliphatic heterocycles. The number of aryl methyl sites for hydroxylation is 4. The molecular formula is C30H40O2. The third kappa shape index (κ3) is 3.05. The summed E-state index contributed by atoms with van der Waals surface area (Å²) in [5.74, 6) is 0.903. The predicted molar refractivity (Wildman–Crippen MR) is 132 cm³/mol. The highest BCUT2D eigenvalue weighted by atomic mass is 16.3. The summed E-state index contributed by atoms with van der Waals surface area (Å²) in [6, 6.07) is 9.16. The summed E-state index contributed by atoms with van der Waals surface area (Å²) in [5.41, 5.74) is 8.00. The molecule has 2 nitrogen and oxygen atoms in total. The molecule has 172 valence electrons. The van der Waals surface area contributed by atoms with E-state index in [1.54, 1.807) is 0 Å². The molecule has 0 aromatic heterocycles. The molecule has 4 saturated carbocycles. The van der Waals surface area contributed by atoms with E-state index >= 15 is 0 Å². The fourth-order valence-electron chi connectivity index (χ4n) is 9.30. The van der Waals surface area contributed by atoms with Crippen LogP contribution in [0.15, 0.2) is 24.3 Å². The molecule has 4 fully saturated rings. The van der Waals surface area contributed by atoms with Crippen molar-refractivity contribution in [1.29, 1.82) is 0 Å². The van der Waals surface area contributed by atoms with Gasteiger partial charge in [-0.3, -0.25) is 0 Å². The average molecular weight is 433 g/mol. The normalized spacial score (nSPS) is 35.4. The number of rotatable bonds is 4. The molecule has 4 aliphatic carbocycles. The summed E-state index contributed by atoms with van der Waals surface area (Å²) in [6.07, 6.45) is 10.2. The van der Waals surface area contributed by atoms with Crippen LogP contribution in [-0.2, 0) is 10.8 Å². The summed E-state index contributed by atoms with van der Waals surface area (Å²) in [6.45, 7) is 13.1. The maximum Gasteiger partial charge on any atom is 0.121 e. The highest BCUT2D eigenvalue weighted by Gasteiger charge is 2.67. The average Bonchev–Trinajstić information content (AvgIpc) is 2.67. The standard InChI is InChI=1S/C30H40O2/c1-7-8-28-13-27(6)14-29(16-28,23-9-19(2)25(31)20(3)10-23)18-30(15-27,17-28)24-11-21(4)26(32)22(5)12-24/h9-12,31-32H,7-8,13-18H2,1-6H3. The van der Waals surface area contributed by atoms with E-state index in [4.69, 9.17) is 0 Å². The first-order valence-electron chi connectivity index (χ1n) is 12.6. The van der Waals surface area contributed by atoms with Gasteiger partial charge in [0.15, 0.2) is 0 Å². The lowest BCUT2D eigenvalue weighted by Gasteiger charge is -2.71. The number of benzene rings is 2. The second kappa shape index (κ2) is 6.78. The van der Waals surface area contributed by atoms with Gasteiger partial charge >= 0.3 is 0 Å². The highest BCUT2D eigenvalue weighted by Crippen LogP contribution is 2.75. The number of phenolic OH excluding ortho intramolecular Hbond substituents is 2. The maximum absolute atomic E-state index is 10.5. The van der Waals surface area contributed by atoms with Gasteiger partial charge in [0.05, 0.1) is 0 Å². The van der Waals surface area contributed by atoms with Crippen LogP contribution in [-0.4, -0.2) is 10.2 Å². The molecule has 2 N–H and O–H groups in total. The van der Waals surface area contributed by atoms with Crippen molar-refractivity contribution in [2.24, 2.45) is 10.8 Å². The molecule has 4 aliphatic rings. The molecule has 0 amide bonds. The Bertz CT molecular complexity index is 974. The third-order valence-electron chi connectivity index (χ3n) is 9.42. The van der Waals surface area contributed by atoms with Gasteiger partial charge in [-0.15, -0.1) is 0 Å². The zero-order valence-electron chi connectivity index (χ0n) is 20.9. The van der Waals surface area contributed by atoms with Crippen LogP contribution in [0.4, 0.5) is 0 Å². The smallest absolute Gasteiger partial charge is 0.121 e. The largest absolute Gasteiger partial charge is 0.507 e. The molecule has 2 heteroatoms. The second-order valence-electron chi connectivity index (χ2n) is 12.6. The minimum atomic E-state index is 0.168. The summed E-state index contributed by atoms with van der Waals surface area (Å²) < 4.78 is 0. The maximum atomic E-state index is 10.5. The minimum Gasteiger partial charge on any atom is -0.507 e. The first kappa shape index (κ1) is 21.9. The van der Waals surface area contributed by atoms with Gasteiger partial charge in [-0.25, -0.2) is 0 Å². The van der Waals surface area contributed by atoms with Gasteiger partial charge in [-0.05, 0) is 128 Å². The van der Waals surface area contributed by atoms with Crippen LogP contribution in [0.2, 0.25) is 0 Å². The van der Waals surface area contributed by atoms with Crippen molar-refractivity contribution < 1.29 is 10.2 Å². The van der Waals surface area contributed by atoms with Gasteiger partial charge in [0, 0.05) is 0 Å². The molecule has 0 spiro atoms. The van der Waals surface area contributed by atoms with Crippen molar-refractivity contribution in [1.82, 2.24) is 0 Å². The van der Waals surface area contributed by atoms with Crippen LogP contribution in [0.5, 0.6) is 11.5 Å². The topological polar surface area (TPSA) is 40.5 Å². The fourth-order valence-corrected chi connectivity index (χ4v) is 9.30. The Morgan fingerprint density at radius 1 is 0.656 bits per heavy atom. The first-order chi connectivity index (χ1) is 14.9. The molecule has 0 radical (unpaired) electrons. The predicted octanol–water partition coefficient (Wildman–Crippen LogP) is 7.68. The lowest BCUT2D eigenvalue weighted by molar-refractivity contribution is -0.138. The second-order valence-corrected chi connectivity index (χ2v) is 12.6. The SMILES string of the molecule is CCCC12CC3(C)CC(c4cc(C)c(O)c(C)c4)(C1)CC(c1cc(C)c(O)c(C)c1)(C3)C2. The van der Waals surface area contributed by atoms with E-state index in [0.717, 1.165) is 22.3 Å². The number of hydrogen-bond donors (Lipinski definition) is 2. The summed E-state index contributed by atoms with van der Waals surface area (Å²) in [7, 11) is 0.